The Kier molecular flexibility index (Phi) is 20.1. The van der Waals surface area contributed by atoms with E-state index in [0.717, 1.165) is 0 Å². The number of hydrogen-bond donors (Lipinski definition) is 0. The minimum Gasteiger partial charge on any atom is -0.234 e. The molecular weight excluding hydrogens is 388 g/mol. The molecule has 0 saturated heterocycles. The van der Waals surface area contributed by atoms with Gasteiger partial charge in [-0.15, -0.1) is 0 Å². The molecule has 0 N–H and O–H groups in total. The van der Waals surface area contributed by atoms with E-state index in [9.17, 15) is 0 Å². The smallest absolute Gasteiger partial charge is 0.234 e. The molecule has 0 saturated carbocycles. The molecule has 0 bridgehead atoms. The highest BCUT2D eigenvalue weighted by molar-refractivity contribution is 4.84. The minimum atomic E-state index is 1.22. The van der Waals surface area contributed by atoms with Crippen LogP contribution in [0.3, 0.4) is 0 Å². The van der Waals surface area contributed by atoms with Crippen molar-refractivity contribution in [2.45, 2.75) is 175 Å². The average molecular weight is 448 g/mol. The molecule has 188 valence electrons. The zero-order valence-corrected chi connectivity index (χ0v) is 22.5. The van der Waals surface area contributed by atoms with E-state index in [1.807, 2.05) is 0 Å². The summed E-state index contributed by atoms with van der Waals surface area (Å²) < 4.78 is 5.18. The Hall–Kier alpha value is -0.790. The van der Waals surface area contributed by atoms with Crippen LogP contribution in [0.25, 0.3) is 0 Å². The van der Waals surface area contributed by atoms with Gasteiger partial charge in [0, 0.05) is 6.42 Å². The van der Waals surface area contributed by atoms with Crippen LogP contribution in [0.5, 0.6) is 0 Å². The lowest BCUT2D eigenvalue weighted by Gasteiger charge is -2.06. The summed E-state index contributed by atoms with van der Waals surface area (Å²) in [5.41, 5.74) is 0. The van der Waals surface area contributed by atoms with Gasteiger partial charge < -0.3 is 0 Å². The summed E-state index contributed by atoms with van der Waals surface area (Å²) in [6.07, 6.45) is 35.5. The molecule has 0 unspecified atom stereocenters. The maximum absolute atomic E-state index is 2.59. The summed E-state index contributed by atoms with van der Waals surface area (Å²) >= 11 is 0. The number of aromatic nitrogens is 2. The molecule has 1 aromatic heterocycles. The molecule has 0 aromatic carbocycles. The van der Waals surface area contributed by atoms with Crippen molar-refractivity contribution in [3.63, 3.8) is 0 Å². The fourth-order valence-electron chi connectivity index (χ4n) is 4.91. The Labute approximate surface area is 202 Å². The second kappa shape index (κ2) is 22.0. The average Bonchev–Trinajstić information content (AvgIpc) is 3.18. The number of imidazole rings is 1. The monoisotopic (exact) mass is 447 g/mol. The van der Waals surface area contributed by atoms with E-state index in [-0.39, 0.29) is 0 Å². The first-order chi connectivity index (χ1) is 15.8. The van der Waals surface area contributed by atoms with Crippen LogP contribution in [-0.4, -0.2) is 4.57 Å². The molecule has 0 fully saturated rings. The van der Waals surface area contributed by atoms with E-state index in [0.29, 0.717) is 0 Å². The normalized spacial score (nSPS) is 11.5. The SMILES string of the molecule is CCCCCCCCCCCn1cc[n+](CCCCCCCCCCC)c1CCCCC. The van der Waals surface area contributed by atoms with Crippen LogP contribution < -0.4 is 4.57 Å². The largest absolute Gasteiger partial charge is 0.256 e. The number of rotatable bonds is 24. The van der Waals surface area contributed by atoms with Crippen LogP contribution in [0.2, 0.25) is 0 Å². The quantitative estimate of drug-likeness (QED) is 0.110. The molecule has 0 aliphatic carbocycles. The second-order valence-electron chi connectivity index (χ2n) is 10.2. The van der Waals surface area contributed by atoms with Crippen molar-refractivity contribution in [1.82, 2.24) is 4.57 Å². The molecule has 1 aromatic rings. The highest BCUT2D eigenvalue weighted by Crippen LogP contribution is 2.13. The molecule has 0 aliphatic heterocycles. The lowest BCUT2D eigenvalue weighted by molar-refractivity contribution is -0.704. The number of nitrogens with zero attached hydrogens (tertiary/aromatic N) is 2. The van der Waals surface area contributed by atoms with E-state index >= 15 is 0 Å². The van der Waals surface area contributed by atoms with Crippen LogP contribution in [-0.2, 0) is 19.5 Å². The summed E-state index contributed by atoms with van der Waals surface area (Å²) in [6.45, 7) is 9.37. The van der Waals surface area contributed by atoms with Gasteiger partial charge >= 0.3 is 0 Å². The van der Waals surface area contributed by atoms with Crippen LogP contribution in [0, 0.1) is 0 Å². The predicted molar refractivity (Wildman–Crippen MR) is 142 cm³/mol. The predicted octanol–water partition coefficient (Wildman–Crippen LogP) is 9.57. The molecule has 0 atom stereocenters. The Morgan fingerprint density at radius 1 is 0.531 bits per heavy atom. The Morgan fingerprint density at radius 2 is 0.969 bits per heavy atom. The van der Waals surface area contributed by atoms with Crippen molar-refractivity contribution in [3.05, 3.63) is 18.2 Å². The summed E-state index contributed by atoms with van der Waals surface area (Å²) in [6, 6.07) is 0. The van der Waals surface area contributed by atoms with Gasteiger partial charge in [0.15, 0.2) is 0 Å². The van der Waals surface area contributed by atoms with Crippen molar-refractivity contribution in [3.8, 4) is 0 Å². The van der Waals surface area contributed by atoms with E-state index in [2.05, 4.69) is 42.3 Å². The summed E-state index contributed by atoms with van der Waals surface area (Å²) in [7, 11) is 0. The van der Waals surface area contributed by atoms with Crippen molar-refractivity contribution in [2.75, 3.05) is 0 Å². The van der Waals surface area contributed by atoms with Crippen molar-refractivity contribution in [1.29, 1.82) is 0 Å². The van der Waals surface area contributed by atoms with Gasteiger partial charge in [-0.25, -0.2) is 9.13 Å². The molecule has 1 rings (SSSR count). The zero-order valence-electron chi connectivity index (χ0n) is 22.5. The number of aryl methyl sites for hydroxylation is 2. The first-order valence-electron chi connectivity index (χ1n) is 14.9. The summed E-state index contributed by atoms with van der Waals surface area (Å²) in [4.78, 5) is 0. The van der Waals surface area contributed by atoms with Gasteiger partial charge in [-0.2, -0.15) is 0 Å². The Bertz CT molecular complexity index is 465. The van der Waals surface area contributed by atoms with Gasteiger partial charge in [0.05, 0.1) is 13.1 Å². The number of hydrogen-bond acceptors (Lipinski definition) is 0. The first kappa shape index (κ1) is 29.2. The Balaban J connectivity index is 2.27. The third-order valence-electron chi connectivity index (χ3n) is 7.10. The lowest BCUT2D eigenvalue weighted by Crippen LogP contribution is -2.37. The molecule has 0 spiro atoms. The van der Waals surface area contributed by atoms with E-state index < -0.39 is 0 Å². The fraction of sp³-hybridized carbons (Fsp3) is 0.900. The zero-order chi connectivity index (χ0) is 23.1. The highest BCUT2D eigenvalue weighted by Gasteiger charge is 2.16. The molecule has 0 radical (unpaired) electrons. The molecule has 0 amide bonds. The van der Waals surface area contributed by atoms with Gasteiger partial charge in [0.1, 0.15) is 12.4 Å². The molecule has 2 heteroatoms. The van der Waals surface area contributed by atoms with E-state index in [1.54, 1.807) is 5.82 Å². The van der Waals surface area contributed by atoms with E-state index in [4.69, 9.17) is 0 Å². The van der Waals surface area contributed by atoms with Gasteiger partial charge in [-0.1, -0.05) is 124 Å². The molecule has 0 aliphatic rings. The maximum atomic E-state index is 2.59. The van der Waals surface area contributed by atoms with Crippen molar-refractivity contribution >= 4 is 0 Å². The third-order valence-corrected chi connectivity index (χ3v) is 7.10. The van der Waals surface area contributed by atoms with Crippen molar-refractivity contribution < 1.29 is 4.57 Å². The topological polar surface area (TPSA) is 8.81 Å². The second-order valence-corrected chi connectivity index (χ2v) is 10.2. The van der Waals surface area contributed by atoms with Gasteiger partial charge in [-0.3, -0.25) is 0 Å². The summed E-state index contributed by atoms with van der Waals surface area (Å²) in [5.74, 6) is 1.59. The molecule has 1 heterocycles. The van der Waals surface area contributed by atoms with Gasteiger partial charge in [-0.05, 0) is 32.1 Å². The minimum absolute atomic E-state index is 1.22. The molecule has 32 heavy (non-hydrogen) atoms. The fourth-order valence-corrected chi connectivity index (χ4v) is 4.91. The van der Waals surface area contributed by atoms with Crippen LogP contribution >= 0.6 is 0 Å². The van der Waals surface area contributed by atoms with Crippen LogP contribution in [0.4, 0.5) is 0 Å². The summed E-state index contributed by atoms with van der Waals surface area (Å²) in [5, 5.41) is 0. The molecular formula is C30H59N2+. The third kappa shape index (κ3) is 15.1. The highest BCUT2D eigenvalue weighted by atomic mass is 15.1. The van der Waals surface area contributed by atoms with E-state index in [1.165, 1.54) is 154 Å². The first-order valence-corrected chi connectivity index (χ1v) is 14.9. The Morgan fingerprint density at radius 3 is 1.50 bits per heavy atom. The van der Waals surface area contributed by atoms with Gasteiger partial charge in [0.2, 0.25) is 0 Å². The maximum Gasteiger partial charge on any atom is 0.256 e. The van der Waals surface area contributed by atoms with Crippen LogP contribution in [0.1, 0.15) is 161 Å². The lowest BCUT2D eigenvalue weighted by atomic mass is 10.1. The van der Waals surface area contributed by atoms with Crippen molar-refractivity contribution in [2.24, 2.45) is 0 Å². The standard InChI is InChI=1S/C30H59N2/c1-4-7-10-12-14-16-18-20-23-26-31-28-29-32(30(31)25-22-9-6-3)27-24-21-19-17-15-13-11-8-5-2/h28-29H,4-27H2,1-3H3/q+1. The molecule has 2 nitrogen and oxygen atoms in total. The van der Waals surface area contributed by atoms with Gasteiger partial charge in [0.25, 0.3) is 5.82 Å². The number of unbranched alkanes of at least 4 members (excludes halogenated alkanes) is 18. The van der Waals surface area contributed by atoms with Crippen LogP contribution in [0.15, 0.2) is 12.4 Å².